The smallest absolute Gasteiger partial charge is 0.210 e. The van der Waals surface area contributed by atoms with Crippen molar-refractivity contribution in [2.45, 2.75) is 5.60 Å². The van der Waals surface area contributed by atoms with Gasteiger partial charge in [-0.1, -0.05) is 41.1 Å². The van der Waals surface area contributed by atoms with Crippen molar-refractivity contribution in [2.24, 2.45) is 0 Å². The number of fused-ring (bicyclic) bond motifs is 1. The molecule has 136 valence electrons. The number of halogens is 1. The number of hydrogen-bond donors (Lipinski definition) is 3. The zero-order valence-electron chi connectivity index (χ0n) is 13.9. The van der Waals surface area contributed by atoms with Crippen molar-refractivity contribution < 1.29 is 9.84 Å². The summed E-state index contributed by atoms with van der Waals surface area (Å²) in [5, 5.41) is 31.8. The quantitative estimate of drug-likeness (QED) is 0.484. The van der Waals surface area contributed by atoms with Gasteiger partial charge in [0.05, 0.1) is 35.6 Å². The number of benzene rings is 2. The number of aromatic nitrogens is 4. The predicted molar refractivity (Wildman–Crippen MR) is 104 cm³/mol. The SMILES string of the molecule is OC1(c2cccc(-c3nnc(Nc4ccc5[nH]ncc5c4Cl)s3)c2)COC1. The summed E-state index contributed by atoms with van der Waals surface area (Å²) in [6.07, 6.45) is 1.69. The van der Waals surface area contributed by atoms with E-state index in [9.17, 15) is 5.11 Å². The lowest BCUT2D eigenvalue weighted by molar-refractivity contribution is -0.184. The second-order valence-electron chi connectivity index (χ2n) is 6.40. The molecule has 2 aromatic carbocycles. The minimum Gasteiger partial charge on any atom is -0.380 e. The maximum Gasteiger partial charge on any atom is 0.210 e. The van der Waals surface area contributed by atoms with Gasteiger partial charge in [-0.25, -0.2) is 0 Å². The number of rotatable bonds is 4. The second-order valence-corrected chi connectivity index (χ2v) is 7.76. The third-order valence-corrected chi connectivity index (χ3v) is 5.85. The molecule has 27 heavy (non-hydrogen) atoms. The first kappa shape index (κ1) is 16.6. The van der Waals surface area contributed by atoms with Gasteiger partial charge in [-0.15, -0.1) is 10.2 Å². The Kier molecular flexibility index (Phi) is 3.87. The fourth-order valence-corrected chi connectivity index (χ4v) is 4.00. The van der Waals surface area contributed by atoms with Gasteiger partial charge in [0, 0.05) is 10.9 Å². The average Bonchev–Trinajstić information content (AvgIpc) is 3.32. The molecule has 0 radical (unpaired) electrons. The predicted octanol–water partition coefficient (Wildman–Crippen LogP) is 3.70. The third kappa shape index (κ3) is 2.87. The summed E-state index contributed by atoms with van der Waals surface area (Å²) >= 11 is 7.86. The second kappa shape index (κ2) is 6.28. The molecular formula is C18H14ClN5O2S. The largest absolute Gasteiger partial charge is 0.380 e. The van der Waals surface area contributed by atoms with E-state index in [1.54, 1.807) is 6.20 Å². The minimum absolute atomic E-state index is 0.314. The average molecular weight is 400 g/mol. The molecule has 9 heteroatoms. The van der Waals surface area contributed by atoms with Gasteiger partial charge in [0.15, 0.2) is 0 Å². The highest BCUT2D eigenvalue weighted by Crippen LogP contribution is 2.36. The minimum atomic E-state index is -0.907. The molecule has 1 fully saturated rings. The zero-order chi connectivity index (χ0) is 18.4. The molecule has 3 N–H and O–H groups in total. The van der Waals surface area contributed by atoms with Crippen molar-refractivity contribution in [1.82, 2.24) is 20.4 Å². The molecule has 2 aromatic heterocycles. The van der Waals surface area contributed by atoms with Gasteiger partial charge >= 0.3 is 0 Å². The van der Waals surface area contributed by atoms with Crippen molar-refractivity contribution in [3.63, 3.8) is 0 Å². The van der Waals surface area contributed by atoms with Crippen LogP contribution in [0.3, 0.4) is 0 Å². The topological polar surface area (TPSA) is 96.0 Å². The van der Waals surface area contributed by atoms with E-state index >= 15 is 0 Å². The highest BCUT2D eigenvalue weighted by Gasteiger charge is 2.38. The van der Waals surface area contributed by atoms with E-state index in [1.807, 2.05) is 36.4 Å². The van der Waals surface area contributed by atoms with Gasteiger partial charge in [0.25, 0.3) is 0 Å². The molecule has 7 nitrogen and oxygen atoms in total. The van der Waals surface area contributed by atoms with Crippen LogP contribution in [0.15, 0.2) is 42.6 Å². The molecule has 0 saturated carbocycles. The molecule has 5 rings (SSSR count). The van der Waals surface area contributed by atoms with Crippen LogP contribution in [0, 0.1) is 0 Å². The Morgan fingerprint density at radius 2 is 2.11 bits per heavy atom. The number of ether oxygens (including phenoxy) is 1. The number of aromatic amines is 1. The van der Waals surface area contributed by atoms with Crippen LogP contribution >= 0.6 is 22.9 Å². The van der Waals surface area contributed by atoms with E-state index < -0.39 is 5.60 Å². The van der Waals surface area contributed by atoms with Crippen LogP contribution in [0.1, 0.15) is 5.56 Å². The van der Waals surface area contributed by atoms with Crippen LogP contribution in [0.4, 0.5) is 10.8 Å². The molecule has 0 bridgehead atoms. The van der Waals surface area contributed by atoms with E-state index in [-0.39, 0.29) is 0 Å². The van der Waals surface area contributed by atoms with Crippen LogP contribution < -0.4 is 5.32 Å². The maximum atomic E-state index is 10.5. The summed E-state index contributed by atoms with van der Waals surface area (Å²) < 4.78 is 5.14. The van der Waals surface area contributed by atoms with Crippen molar-refractivity contribution in [1.29, 1.82) is 0 Å². The van der Waals surface area contributed by atoms with Crippen LogP contribution in [0.25, 0.3) is 21.5 Å². The molecule has 1 aliphatic heterocycles. The lowest BCUT2D eigenvalue weighted by atomic mass is 9.91. The van der Waals surface area contributed by atoms with E-state index in [0.717, 1.165) is 32.7 Å². The van der Waals surface area contributed by atoms with Crippen molar-refractivity contribution in [3.8, 4) is 10.6 Å². The van der Waals surface area contributed by atoms with Crippen LogP contribution in [0.5, 0.6) is 0 Å². The number of hydrogen-bond acceptors (Lipinski definition) is 7. The van der Waals surface area contributed by atoms with E-state index in [1.165, 1.54) is 11.3 Å². The fourth-order valence-electron chi connectivity index (χ4n) is 2.99. The lowest BCUT2D eigenvalue weighted by Gasteiger charge is -2.36. The fraction of sp³-hybridized carbons (Fsp3) is 0.167. The van der Waals surface area contributed by atoms with Crippen molar-refractivity contribution in [2.75, 3.05) is 18.5 Å². The molecule has 0 amide bonds. The number of anilines is 2. The first-order valence-electron chi connectivity index (χ1n) is 8.26. The normalized spacial score (nSPS) is 15.6. The Morgan fingerprint density at radius 3 is 2.93 bits per heavy atom. The highest BCUT2D eigenvalue weighted by molar-refractivity contribution is 7.18. The Morgan fingerprint density at radius 1 is 1.22 bits per heavy atom. The summed E-state index contributed by atoms with van der Waals surface area (Å²) in [4.78, 5) is 0. The Bertz CT molecular complexity index is 1140. The summed E-state index contributed by atoms with van der Waals surface area (Å²) in [5.74, 6) is 0. The van der Waals surface area contributed by atoms with Gasteiger partial charge in [0.2, 0.25) is 5.13 Å². The first-order chi connectivity index (χ1) is 13.1. The summed E-state index contributed by atoms with van der Waals surface area (Å²) in [6.45, 7) is 0.628. The lowest BCUT2D eigenvalue weighted by Crippen LogP contribution is -2.46. The monoisotopic (exact) mass is 399 g/mol. The zero-order valence-corrected chi connectivity index (χ0v) is 15.5. The van der Waals surface area contributed by atoms with Crippen molar-refractivity contribution >= 4 is 44.7 Å². The number of aliphatic hydroxyl groups is 1. The summed E-state index contributed by atoms with van der Waals surface area (Å²) in [6, 6.07) is 11.4. The van der Waals surface area contributed by atoms with Crippen LogP contribution in [-0.4, -0.2) is 38.7 Å². The molecule has 1 aliphatic rings. The molecule has 0 unspecified atom stereocenters. The van der Waals surface area contributed by atoms with Gasteiger partial charge in [-0.05, 0) is 23.8 Å². The number of nitrogens with zero attached hydrogens (tertiary/aromatic N) is 3. The van der Waals surface area contributed by atoms with Gasteiger partial charge in [-0.3, -0.25) is 5.10 Å². The van der Waals surface area contributed by atoms with E-state index in [2.05, 4.69) is 25.7 Å². The standard InChI is InChI=1S/C18H14ClN5O2S/c19-15-12-7-20-22-13(12)4-5-14(15)21-17-24-23-16(27-17)10-2-1-3-11(6-10)18(25)8-26-9-18/h1-7,25H,8-9H2,(H,20,22)(H,21,24). The highest BCUT2D eigenvalue weighted by atomic mass is 35.5. The van der Waals surface area contributed by atoms with Gasteiger partial charge in [-0.2, -0.15) is 5.10 Å². The third-order valence-electron chi connectivity index (χ3n) is 4.55. The summed E-state index contributed by atoms with van der Waals surface area (Å²) in [5.41, 5.74) is 2.43. The summed E-state index contributed by atoms with van der Waals surface area (Å²) in [7, 11) is 0. The number of H-pyrrole nitrogens is 1. The van der Waals surface area contributed by atoms with Crippen LogP contribution in [-0.2, 0) is 10.3 Å². The first-order valence-corrected chi connectivity index (χ1v) is 9.45. The molecule has 1 saturated heterocycles. The molecule has 3 heterocycles. The Balaban J connectivity index is 1.43. The molecule has 0 atom stereocenters. The van der Waals surface area contributed by atoms with E-state index in [0.29, 0.717) is 23.4 Å². The Labute approximate surface area is 163 Å². The molecular weight excluding hydrogens is 386 g/mol. The molecule has 4 aromatic rings. The molecule has 0 aliphatic carbocycles. The number of nitrogens with one attached hydrogen (secondary N) is 2. The van der Waals surface area contributed by atoms with Gasteiger partial charge in [0.1, 0.15) is 10.6 Å². The van der Waals surface area contributed by atoms with Crippen LogP contribution in [0.2, 0.25) is 5.02 Å². The van der Waals surface area contributed by atoms with Crippen molar-refractivity contribution in [3.05, 3.63) is 53.2 Å². The van der Waals surface area contributed by atoms with Gasteiger partial charge < -0.3 is 15.2 Å². The Hall–Kier alpha value is -2.52. The maximum absolute atomic E-state index is 10.5. The molecule has 0 spiro atoms. The van der Waals surface area contributed by atoms with E-state index in [4.69, 9.17) is 16.3 Å².